The molecule has 0 aromatic heterocycles. The topological polar surface area (TPSA) is 0 Å². The van der Waals surface area contributed by atoms with Crippen molar-refractivity contribution in [3.05, 3.63) is 183 Å². The summed E-state index contributed by atoms with van der Waals surface area (Å²) in [5, 5.41) is 5.72. The van der Waals surface area contributed by atoms with Crippen LogP contribution < -0.4 is 21.2 Å². The summed E-state index contributed by atoms with van der Waals surface area (Å²) in [7, 11) is -1.19. The summed E-state index contributed by atoms with van der Waals surface area (Å²) in [6, 6.07) is 40.4. The summed E-state index contributed by atoms with van der Waals surface area (Å²) in [4.78, 5) is 0. The van der Waals surface area contributed by atoms with Crippen molar-refractivity contribution in [2.45, 2.75) is 26.4 Å². The molecule has 2 aliphatic rings. The molecule has 10 radical (unpaired) electrons. The van der Waals surface area contributed by atoms with Gasteiger partial charge in [-0.1, -0.05) is 127 Å². The summed E-state index contributed by atoms with van der Waals surface area (Å²) < 4.78 is 0. The van der Waals surface area contributed by atoms with E-state index in [1.807, 2.05) is 32.1 Å². The molecule has 2 saturated carbocycles. The second-order valence-corrected chi connectivity index (χ2v) is 14.8. The third kappa shape index (κ3) is 8.43. The SMILES string of the molecule is Cc1cccc(P(c2cccc(C)c2)C(C)[C]2[CH][CH][CH][C]2P(c2ccccc2)c2ccccc2)c1.[CH]1[CH][CH][CH][CH]1.[Fe+2]. The monoisotopic (exact) mass is 610 g/mol. The summed E-state index contributed by atoms with van der Waals surface area (Å²) in [6.45, 7) is 6.85. The minimum absolute atomic E-state index is 0. The van der Waals surface area contributed by atoms with Gasteiger partial charge in [-0.25, -0.2) is 0 Å². The van der Waals surface area contributed by atoms with Gasteiger partial charge in [0.1, 0.15) is 0 Å². The number of benzene rings is 4. The van der Waals surface area contributed by atoms with Crippen LogP contribution in [0.1, 0.15) is 18.1 Å². The van der Waals surface area contributed by atoms with Crippen LogP contribution in [0.3, 0.4) is 0 Å². The molecule has 0 amide bonds. The van der Waals surface area contributed by atoms with Gasteiger partial charge in [-0.05, 0) is 114 Å². The summed E-state index contributed by atoms with van der Waals surface area (Å²) >= 11 is 0. The molecule has 0 aliphatic heterocycles. The Morgan fingerprint density at radius 3 is 1.37 bits per heavy atom. The van der Waals surface area contributed by atoms with Gasteiger partial charge in [-0.2, -0.15) is 0 Å². The van der Waals surface area contributed by atoms with Gasteiger partial charge in [0.25, 0.3) is 0 Å². The molecule has 0 heterocycles. The van der Waals surface area contributed by atoms with Gasteiger partial charge in [-0.3, -0.25) is 0 Å². The molecular formula is C38H36FeP2+2. The standard InChI is InChI=1S/C33H31P2.C5H5.Fe/c1-25-13-10-19-30(23-25)34(31-20-11-14-26(2)24-31)27(3)32-21-12-22-33(32)35(28-15-6-4-7-16-28)29-17-8-5-9-18-29;1-2-4-5-3-1;/h4-24,27H,1-3H3;1-5H;/q;;+2. The first-order valence-corrected chi connectivity index (χ1v) is 16.6. The quantitative estimate of drug-likeness (QED) is 0.147. The van der Waals surface area contributed by atoms with Gasteiger partial charge in [-0.15, -0.1) is 0 Å². The Morgan fingerprint density at radius 2 is 0.927 bits per heavy atom. The summed E-state index contributed by atoms with van der Waals surface area (Å²) in [5.41, 5.74) is 4.54. The van der Waals surface area contributed by atoms with Crippen LogP contribution in [-0.2, 0) is 17.1 Å². The fourth-order valence-electron chi connectivity index (χ4n) is 5.17. The van der Waals surface area contributed by atoms with Crippen molar-refractivity contribution < 1.29 is 17.1 Å². The fourth-order valence-corrected chi connectivity index (χ4v) is 10.7. The van der Waals surface area contributed by atoms with Gasteiger partial charge < -0.3 is 0 Å². The Morgan fingerprint density at radius 1 is 0.488 bits per heavy atom. The average molecular weight is 610 g/mol. The van der Waals surface area contributed by atoms with E-state index in [0.717, 1.165) is 0 Å². The Balaban J connectivity index is 0.000000584. The predicted octanol–water partition coefficient (Wildman–Crippen LogP) is 8.01. The maximum Gasteiger partial charge on any atom is 2.00 e. The molecule has 4 aromatic carbocycles. The van der Waals surface area contributed by atoms with Crippen molar-refractivity contribution in [3.63, 3.8) is 0 Å². The van der Waals surface area contributed by atoms with E-state index in [9.17, 15) is 0 Å². The number of aryl methyl sites for hydroxylation is 2. The van der Waals surface area contributed by atoms with Crippen molar-refractivity contribution >= 4 is 37.1 Å². The van der Waals surface area contributed by atoms with Crippen LogP contribution in [-0.4, -0.2) is 5.66 Å². The average Bonchev–Trinajstić information content (AvgIpc) is 3.71. The molecule has 0 spiro atoms. The van der Waals surface area contributed by atoms with E-state index in [0.29, 0.717) is 5.66 Å². The number of hydrogen-bond acceptors (Lipinski definition) is 0. The minimum Gasteiger partial charge on any atom is -0.0622 e. The first-order chi connectivity index (χ1) is 19.6. The van der Waals surface area contributed by atoms with Crippen LogP contribution in [0, 0.1) is 76.8 Å². The van der Waals surface area contributed by atoms with Crippen molar-refractivity contribution in [2.24, 2.45) is 0 Å². The van der Waals surface area contributed by atoms with E-state index >= 15 is 0 Å². The number of hydrogen-bond donors (Lipinski definition) is 0. The van der Waals surface area contributed by atoms with E-state index in [-0.39, 0.29) is 17.1 Å². The molecule has 6 rings (SSSR count). The Bertz CT molecular complexity index is 1230. The molecule has 0 nitrogen and oxygen atoms in total. The summed E-state index contributed by atoms with van der Waals surface area (Å²) in [6.07, 6.45) is 17.0. The molecule has 0 bridgehead atoms. The zero-order valence-corrected chi connectivity index (χ0v) is 26.7. The van der Waals surface area contributed by atoms with Crippen LogP contribution in [0.2, 0.25) is 0 Å². The molecule has 2 fully saturated rings. The van der Waals surface area contributed by atoms with Crippen molar-refractivity contribution in [1.29, 1.82) is 0 Å². The maximum atomic E-state index is 2.44. The molecule has 2 aliphatic carbocycles. The van der Waals surface area contributed by atoms with Gasteiger partial charge in [0.05, 0.1) is 0 Å². The van der Waals surface area contributed by atoms with E-state index in [1.165, 1.54) is 43.9 Å². The van der Waals surface area contributed by atoms with Gasteiger partial charge in [0, 0.05) is 5.66 Å². The second kappa shape index (κ2) is 16.2. The van der Waals surface area contributed by atoms with Gasteiger partial charge in [0.2, 0.25) is 0 Å². The van der Waals surface area contributed by atoms with E-state index in [1.54, 1.807) is 0 Å². The molecule has 1 atom stereocenters. The normalized spacial score (nSPS) is 16.3. The van der Waals surface area contributed by atoms with Crippen LogP contribution >= 0.6 is 15.8 Å². The van der Waals surface area contributed by atoms with Crippen molar-refractivity contribution in [2.75, 3.05) is 0 Å². The Kier molecular flexibility index (Phi) is 12.7. The Hall–Kier alpha value is -1.74. The van der Waals surface area contributed by atoms with Crippen molar-refractivity contribution in [1.82, 2.24) is 0 Å². The molecule has 0 saturated heterocycles. The molecule has 204 valence electrons. The first kappa shape index (κ1) is 32.2. The largest absolute Gasteiger partial charge is 2.00 e. The zero-order chi connectivity index (χ0) is 27.7. The Labute approximate surface area is 262 Å². The van der Waals surface area contributed by atoms with Crippen LogP contribution in [0.25, 0.3) is 0 Å². The van der Waals surface area contributed by atoms with E-state index in [4.69, 9.17) is 0 Å². The van der Waals surface area contributed by atoms with E-state index < -0.39 is 15.8 Å². The zero-order valence-electron chi connectivity index (χ0n) is 23.8. The van der Waals surface area contributed by atoms with Crippen molar-refractivity contribution in [3.8, 4) is 0 Å². The maximum absolute atomic E-state index is 2.44. The predicted molar refractivity (Wildman–Crippen MR) is 178 cm³/mol. The molecule has 41 heavy (non-hydrogen) atoms. The molecule has 3 heteroatoms. The second-order valence-electron chi connectivity index (χ2n) is 10.1. The smallest absolute Gasteiger partial charge is 0.0622 e. The van der Waals surface area contributed by atoms with Crippen LogP contribution in [0.5, 0.6) is 0 Å². The van der Waals surface area contributed by atoms with E-state index in [2.05, 4.69) is 149 Å². The fraction of sp³-hybridized carbons (Fsp3) is 0.105. The van der Waals surface area contributed by atoms with Crippen LogP contribution in [0.15, 0.2) is 109 Å². The van der Waals surface area contributed by atoms with Gasteiger partial charge >= 0.3 is 17.1 Å². The summed E-state index contributed by atoms with van der Waals surface area (Å²) in [5.74, 6) is 1.48. The number of rotatable bonds is 7. The molecule has 0 N–H and O–H groups in total. The molecular weight excluding hydrogens is 574 g/mol. The molecule has 4 aromatic rings. The minimum atomic E-state index is -0.627. The molecule has 1 unspecified atom stereocenters. The first-order valence-electron chi connectivity index (χ1n) is 13.9. The van der Waals surface area contributed by atoms with Gasteiger partial charge in [0.15, 0.2) is 0 Å². The van der Waals surface area contributed by atoms with Crippen LogP contribution in [0.4, 0.5) is 0 Å². The third-order valence-corrected chi connectivity index (χ3v) is 12.3. The third-order valence-electron chi connectivity index (χ3n) is 7.05.